The number of hydrogen-bond acceptors (Lipinski definition) is 2. The van der Waals surface area contributed by atoms with Crippen molar-refractivity contribution in [3.63, 3.8) is 0 Å². The summed E-state index contributed by atoms with van der Waals surface area (Å²) in [5.41, 5.74) is 2.00. The normalized spacial score (nSPS) is 10.8. The number of fused-ring (bicyclic) bond motifs is 1. The number of carbonyl (C=O) groups excluding carboxylic acids is 1. The van der Waals surface area contributed by atoms with E-state index in [0.717, 1.165) is 16.5 Å². The minimum absolute atomic E-state index is 0.0522. The zero-order chi connectivity index (χ0) is 18.0. The van der Waals surface area contributed by atoms with Crippen LogP contribution in [-0.4, -0.2) is 17.4 Å². The van der Waals surface area contributed by atoms with Crippen molar-refractivity contribution < 1.29 is 9.18 Å². The van der Waals surface area contributed by atoms with E-state index in [9.17, 15) is 14.0 Å². The Morgan fingerprint density at radius 2 is 2.04 bits per heavy atom. The Hall–Kier alpha value is -2.66. The minimum atomic E-state index is -0.677. The molecule has 0 bridgehead atoms. The van der Waals surface area contributed by atoms with Crippen LogP contribution in [0, 0.1) is 12.7 Å². The molecule has 0 unspecified atom stereocenters. The molecule has 1 amide bonds. The SMILES string of the molecule is Cc1ccc2cc(CCNC(=O)c3c(F)cccc3Cl)c(=O)[nH]c2c1. The third-order valence-electron chi connectivity index (χ3n) is 3.95. The van der Waals surface area contributed by atoms with Gasteiger partial charge in [-0.25, -0.2) is 4.39 Å². The van der Waals surface area contributed by atoms with E-state index in [1.165, 1.54) is 18.2 Å². The number of amides is 1. The predicted molar refractivity (Wildman–Crippen MR) is 96.8 cm³/mol. The first-order valence-corrected chi connectivity index (χ1v) is 8.18. The maximum absolute atomic E-state index is 13.7. The highest BCUT2D eigenvalue weighted by molar-refractivity contribution is 6.33. The van der Waals surface area contributed by atoms with Gasteiger partial charge in [-0.2, -0.15) is 0 Å². The summed E-state index contributed by atoms with van der Waals surface area (Å²) in [6, 6.07) is 11.7. The topological polar surface area (TPSA) is 62.0 Å². The van der Waals surface area contributed by atoms with Crippen LogP contribution in [0.1, 0.15) is 21.5 Å². The number of benzene rings is 2. The fourth-order valence-electron chi connectivity index (χ4n) is 2.66. The molecular formula is C19H16ClFN2O2. The van der Waals surface area contributed by atoms with Crippen molar-refractivity contribution in [3.8, 4) is 0 Å². The second-order valence-corrected chi connectivity index (χ2v) is 6.22. The number of rotatable bonds is 4. The first-order valence-electron chi connectivity index (χ1n) is 7.80. The molecule has 4 nitrogen and oxygen atoms in total. The standard InChI is InChI=1S/C19H16ClFN2O2/c1-11-5-6-12-10-13(18(24)23-16(12)9-11)7-8-22-19(25)17-14(20)3-2-4-15(17)21/h2-6,9-10H,7-8H2,1H3,(H,22,25)(H,23,24). The Balaban J connectivity index is 1.73. The molecule has 25 heavy (non-hydrogen) atoms. The molecule has 1 aromatic heterocycles. The highest BCUT2D eigenvalue weighted by Gasteiger charge is 2.15. The van der Waals surface area contributed by atoms with E-state index in [1.807, 2.05) is 25.1 Å². The Labute approximate surface area is 148 Å². The van der Waals surface area contributed by atoms with Crippen LogP contribution in [0.15, 0.2) is 47.3 Å². The van der Waals surface area contributed by atoms with Crippen LogP contribution >= 0.6 is 11.6 Å². The van der Waals surface area contributed by atoms with Crippen molar-refractivity contribution in [1.82, 2.24) is 10.3 Å². The third-order valence-corrected chi connectivity index (χ3v) is 4.26. The van der Waals surface area contributed by atoms with Crippen LogP contribution in [0.25, 0.3) is 10.9 Å². The lowest BCUT2D eigenvalue weighted by molar-refractivity contribution is 0.0950. The van der Waals surface area contributed by atoms with Crippen LogP contribution in [0.5, 0.6) is 0 Å². The monoisotopic (exact) mass is 358 g/mol. The average Bonchev–Trinajstić information content (AvgIpc) is 2.55. The molecule has 0 aliphatic rings. The first kappa shape index (κ1) is 17.2. The molecule has 128 valence electrons. The van der Waals surface area contributed by atoms with Gasteiger partial charge in [0.05, 0.1) is 10.6 Å². The van der Waals surface area contributed by atoms with Gasteiger partial charge >= 0.3 is 0 Å². The van der Waals surface area contributed by atoms with Gasteiger partial charge in [0.15, 0.2) is 0 Å². The number of nitrogens with one attached hydrogen (secondary N) is 2. The minimum Gasteiger partial charge on any atom is -0.352 e. The predicted octanol–water partition coefficient (Wildman–Crippen LogP) is 3.60. The van der Waals surface area contributed by atoms with Gasteiger partial charge in [-0.05, 0) is 48.6 Å². The molecule has 0 spiro atoms. The van der Waals surface area contributed by atoms with E-state index >= 15 is 0 Å². The lowest BCUT2D eigenvalue weighted by Gasteiger charge is -2.08. The summed E-state index contributed by atoms with van der Waals surface area (Å²) in [6.45, 7) is 2.15. The van der Waals surface area contributed by atoms with Crippen molar-refractivity contribution in [3.05, 3.63) is 80.3 Å². The van der Waals surface area contributed by atoms with Gasteiger partial charge in [-0.1, -0.05) is 29.8 Å². The average molecular weight is 359 g/mol. The summed E-state index contributed by atoms with van der Waals surface area (Å²) in [6.07, 6.45) is 0.330. The molecule has 2 aromatic carbocycles. The van der Waals surface area contributed by atoms with Crippen molar-refractivity contribution >= 4 is 28.4 Å². The Morgan fingerprint density at radius 3 is 2.80 bits per heavy atom. The van der Waals surface area contributed by atoms with Crippen molar-refractivity contribution in [2.45, 2.75) is 13.3 Å². The van der Waals surface area contributed by atoms with Crippen molar-refractivity contribution in [2.24, 2.45) is 0 Å². The zero-order valence-corrected chi connectivity index (χ0v) is 14.3. The van der Waals surface area contributed by atoms with Crippen LogP contribution in [0.3, 0.4) is 0 Å². The van der Waals surface area contributed by atoms with E-state index in [-0.39, 0.29) is 22.7 Å². The van der Waals surface area contributed by atoms with Crippen molar-refractivity contribution in [1.29, 1.82) is 0 Å². The van der Waals surface area contributed by atoms with Gasteiger partial charge in [0.1, 0.15) is 5.82 Å². The van der Waals surface area contributed by atoms with E-state index in [2.05, 4.69) is 10.3 Å². The molecule has 0 aliphatic heterocycles. The summed E-state index contributed by atoms with van der Waals surface area (Å²) < 4.78 is 13.7. The molecule has 0 atom stereocenters. The number of carbonyl (C=O) groups is 1. The number of H-pyrrole nitrogens is 1. The van der Waals surface area contributed by atoms with Gasteiger partial charge in [-0.15, -0.1) is 0 Å². The quantitative estimate of drug-likeness (QED) is 0.748. The number of aromatic amines is 1. The maximum atomic E-state index is 13.7. The van der Waals surface area contributed by atoms with Gasteiger partial charge in [0, 0.05) is 17.6 Å². The van der Waals surface area contributed by atoms with Gasteiger partial charge in [0.2, 0.25) is 0 Å². The second-order valence-electron chi connectivity index (χ2n) is 5.82. The van der Waals surface area contributed by atoms with E-state index in [4.69, 9.17) is 11.6 Å². The molecular weight excluding hydrogens is 343 g/mol. The summed E-state index contributed by atoms with van der Waals surface area (Å²) in [5, 5.41) is 3.57. The summed E-state index contributed by atoms with van der Waals surface area (Å²) in [4.78, 5) is 27.1. The summed E-state index contributed by atoms with van der Waals surface area (Å²) >= 11 is 5.87. The third kappa shape index (κ3) is 3.72. The van der Waals surface area contributed by atoms with E-state index in [0.29, 0.717) is 12.0 Å². The number of hydrogen-bond donors (Lipinski definition) is 2. The molecule has 2 N–H and O–H groups in total. The largest absolute Gasteiger partial charge is 0.352 e. The number of aryl methyl sites for hydroxylation is 1. The smallest absolute Gasteiger partial charge is 0.255 e. The molecule has 0 saturated carbocycles. The van der Waals surface area contributed by atoms with Gasteiger partial charge < -0.3 is 10.3 Å². The summed E-state index contributed by atoms with van der Waals surface area (Å²) in [7, 11) is 0. The van der Waals surface area contributed by atoms with Crippen LogP contribution in [-0.2, 0) is 6.42 Å². The van der Waals surface area contributed by atoms with Crippen molar-refractivity contribution in [2.75, 3.05) is 6.54 Å². The first-order chi connectivity index (χ1) is 12.0. The fraction of sp³-hybridized carbons (Fsp3) is 0.158. The van der Waals surface area contributed by atoms with Crippen LogP contribution in [0.2, 0.25) is 5.02 Å². The molecule has 0 saturated heterocycles. The molecule has 6 heteroatoms. The molecule has 0 fully saturated rings. The molecule has 0 radical (unpaired) electrons. The highest BCUT2D eigenvalue weighted by atomic mass is 35.5. The van der Waals surface area contributed by atoms with Gasteiger partial charge in [0.25, 0.3) is 11.5 Å². The highest BCUT2D eigenvalue weighted by Crippen LogP contribution is 2.18. The Kier molecular flexibility index (Phi) is 4.86. The number of halogens is 2. The summed E-state index contributed by atoms with van der Waals surface area (Å²) in [5.74, 6) is -1.28. The fourth-order valence-corrected chi connectivity index (χ4v) is 2.91. The Morgan fingerprint density at radius 1 is 1.24 bits per heavy atom. The second kappa shape index (κ2) is 7.07. The molecule has 3 aromatic rings. The Bertz CT molecular complexity index is 994. The lowest BCUT2D eigenvalue weighted by atomic mass is 10.1. The molecule has 0 aliphatic carbocycles. The van der Waals surface area contributed by atoms with E-state index < -0.39 is 11.7 Å². The van der Waals surface area contributed by atoms with E-state index in [1.54, 1.807) is 6.07 Å². The van der Waals surface area contributed by atoms with Crippen LogP contribution in [0.4, 0.5) is 4.39 Å². The molecule has 1 heterocycles. The van der Waals surface area contributed by atoms with Crippen LogP contribution < -0.4 is 10.9 Å². The number of aromatic nitrogens is 1. The zero-order valence-electron chi connectivity index (χ0n) is 13.5. The lowest BCUT2D eigenvalue weighted by Crippen LogP contribution is -2.28. The molecule has 3 rings (SSSR count). The maximum Gasteiger partial charge on any atom is 0.255 e. The van der Waals surface area contributed by atoms with Gasteiger partial charge in [-0.3, -0.25) is 9.59 Å². The number of pyridine rings is 1.